The molecule has 2 aromatic carbocycles. The second kappa shape index (κ2) is 6.25. The number of rotatable bonds is 4. The van der Waals surface area contributed by atoms with Crippen LogP contribution >= 0.6 is 0 Å². The van der Waals surface area contributed by atoms with E-state index in [0.29, 0.717) is 0 Å². The molecule has 120 valence electrons. The number of nitriles is 1. The van der Waals surface area contributed by atoms with Crippen molar-refractivity contribution in [1.82, 2.24) is 30.6 Å². The number of benzene rings is 2. The van der Waals surface area contributed by atoms with Crippen molar-refractivity contribution in [3.05, 3.63) is 60.6 Å². The lowest BCUT2D eigenvalue weighted by molar-refractivity contribution is 0.881. The van der Waals surface area contributed by atoms with Crippen LogP contribution in [0, 0.1) is 11.3 Å². The van der Waals surface area contributed by atoms with Crippen molar-refractivity contribution in [3.8, 4) is 17.5 Å². The lowest BCUT2D eigenvalue weighted by Crippen LogP contribution is -1.93. The number of nitrogens with one attached hydrogen (secondary N) is 3. The van der Waals surface area contributed by atoms with E-state index in [1.54, 1.807) is 6.20 Å². The molecule has 4 rings (SSSR count). The van der Waals surface area contributed by atoms with Gasteiger partial charge in [0, 0.05) is 17.5 Å². The Bertz CT molecular complexity index is 1050. The van der Waals surface area contributed by atoms with E-state index >= 15 is 0 Å². The van der Waals surface area contributed by atoms with Crippen LogP contribution in [0.25, 0.3) is 28.0 Å². The summed E-state index contributed by atoms with van der Waals surface area (Å²) in [6, 6.07) is 17.6. The predicted octanol–water partition coefficient (Wildman–Crippen LogP) is 2.72. The van der Waals surface area contributed by atoms with Crippen LogP contribution in [0.15, 0.2) is 54.7 Å². The van der Waals surface area contributed by atoms with E-state index < -0.39 is 0 Å². The number of H-pyrrole nitrogens is 2. The number of fused-ring (bicyclic) bond motifs is 1. The average molecular weight is 328 g/mol. The maximum Gasteiger partial charge on any atom is 0.216 e. The fourth-order valence-electron chi connectivity index (χ4n) is 2.42. The van der Waals surface area contributed by atoms with Gasteiger partial charge in [-0.2, -0.15) is 10.5 Å². The number of nitrogens with zero attached hydrogens (tertiary/aromatic N) is 5. The molecule has 2 aromatic heterocycles. The Hall–Kier alpha value is -3.99. The highest BCUT2D eigenvalue weighted by Crippen LogP contribution is 2.23. The first kappa shape index (κ1) is 14.6. The Labute approximate surface area is 142 Å². The molecule has 0 saturated carbocycles. The topological polar surface area (TPSA) is 119 Å². The average Bonchev–Trinajstić information content (AvgIpc) is 3.32. The number of hydrogen-bond acceptors (Lipinski definition) is 6. The van der Waals surface area contributed by atoms with Crippen LogP contribution in [-0.4, -0.2) is 30.6 Å². The summed E-state index contributed by atoms with van der Waals surface area (Å²) in [6.07, 6.45) is 1.54. The van der Waals surface area contributed by atoms with Gasteiger partial charge in [-0.05, 0) is 29.5 Å². The summed E-state index contributed by atoms with van der Waals surface area (Å²) in [5.74, 6) is 1.02. The van der Waals surface area contributed by atoms with Crippen molar-refractivity contribution in [3.63, 3.8) is 0 Å². The van der Waals surface area contributed by atoms with Crippen LogP contribution in [0.4, 0.5) is 5.69 Å². The molecule has 0 aliphatic carbocycles. The van der Waals surface area contributed by atoms with Gasteiger partial charge in [0.2, 0.25) is 5.82 Å². The summed E-state index contributed by atoms with van der Waals surface area (Å²) in [5.41, 5.74) is 3.93. The third-order valence-electron chi connectivity index (χ3n) is 3.62. The van der Waals surface area contributed by atoms with Gasteiger partial charge in [0.15, 0.2) is 0 Å². The molecule has 0 aliphatic heterocycles. The largest absolute Gasteiger partial charge is 0.360 e. The lowest BCUT2D eigenvalue weighted by Gasteiger charge is -2.03. The Balaban J connectivity index is 1.62. The van der Waals surface area contributed by atoms with Crippen LogP contribution in [0.5, 0.6) is 0 Å². The Morgan fingerprint density at radius 3 is 2.88 bits per heavy atom. The van der Waals surface area contributed by atoms with Gasteiger partial charge in [-0.3, -0.25) is 0 Å². The maximum absolute atomic E-state index is 9.19. The Morgan fingerprint density at radius 1 is 1.16 bits per heavy atom. The van der Waals surface area contributed by atoms with Gasteiger partial charge in [-0.1, -0.05) is 24.3 Å². The molecule has 25 heavy (non-hydrogen) atoms. The van der Waals surface area contributed by atoms with Crippen molar-refractivity contribution in [2.75, 3.05) is 5.32 Å². The van der Waals surface area contributed by atoms with Crippen LogP contribution in [-0.2, 0) is 0 Å². The minimum absolute atomic E-state index is 0.239. The summed E-state index contributed by atoms with van der Waals surface area (Å²) >= 11 is 0. The summed E-state index contributed by atoms with van der Waals surface area (Å²) < 4.78 is 0. The highest BCUT2D eigenvalue weighted by Gasteiger charge is 2.07. The van der Waals surface area contributed by atoms with E-state index in [2.05, 4.69) is 35.9 Å². The first-order valence-electron chi connectivity index (χ1n) is 7.49. The molecule has 0 atom stereocenters. The van der Waals surface area contributed by atoms with Crippen LogP contribution in [0.3, 0.4) is 0 Å². The molecular weight excluding hydrogens is 316 g/mol. The first-order chi connectivity index (χ1) is 12.3. The minimum atomic E-state index is 0.239. The van der Waals surface area contributed by atoms with Crippen LogP contribution in [0.2, 0.25) is 0 Å². The predicted molar refractivity (Wildman–Crippen MR) is 92.9 cm³/mol. The quantitative estimate of drug-likeness (QED) is 0.496. The molecule has 4 aromatic rings. The van der Waals surface area contributed by atoms with Crippen molar-refractivity contribution >= 4 is 22.3 Å². The molecule has 0 amide bonds. The number of tetrazole rings is 1. The molecule has 0 aliphatic rings. The number of aromatic nitrogens is 6. The van der Waals surface area contributed by atoms with E-state index in [-0.39, 0.29) is 11.4 Å². The molecule has 0 saturated heterocycles. The van der Waals surface area contributed by atoms with Crippen LogP contribution in [0.1, 0.15) is 5.82 Å². The second-order valence-corrected chi connectivity index (χ2v) is 5.23. The summed E-state index contributed by atoms with van der Waals surface area (Å²) in [4.78, 5) is 7.89. The van der Waals surface area contributed by atoms with E-state index in [1.165, 1.54) is 0 Å². The zero-order chi connectivity index (χ0) is 17.1. The highest BCUT2D eigenvalue weighted by molar-refractivity contribution is 5.80. The molecule has 0 unspecified atom stereocenters. The van der Waals surface area contributed by atoms with Gasteiger partial charge >= 0.3 is 0 Å². The zero-order valence-corrected chi connectivity index (χ0v) is 12.9. The maximum atomic E-state index is 9.19. The van der Waals surface area contributed by atoms with E-state index in [4.69, 9.17) is 0 Å². The van der Waals surface area contributed by atoms with Gasteiger partial charge in [-0.15, -0.1) is 10.2 Å². The number of allylic oxidation sites excluding steroid dienone is 1. The van der Waals surface area contributed by atoms with Crippen molar-refractivity contribution < 1.29 is 0 Å². The number of imidazole rings is 1. The SMILES string of the molecule is N#CC(=CNc1cccc(-c2nc3ccccc3[nH]2)c1)c1nn[nH]n1. The van der Waals surface area contributed by atoms with Gasteiger partial charge in [-0.25, -0.2) is 4.98 Å². The number of para-hydroxylation sites is 2. The summed E-state index contributed by atoms with van der Waals surface area (Å²) in [5, 5.41) is 25.6. The number of hydrogen-bond donors (Lipinski definition) is 3. The van der Waals surface area contributed by atoms with Crippen molar-refractivity contribution in [2.45, 2.75) is 0 Å². The van der Waals surface area contributed by atoms with Gasteiger partial charge in [0.1, 0.15) is 17.5 Å². The molecule has 2 heterocycles. The first-order valence-corrected chi connectivity index (χ1v) is 7.49. The van der Waals surface area contributed by atoms with Gasteiger partial charge in [0.05, 0.1) is 11.0 Å². The normalized spacial score (nSPS) is 11.4. The third kappa shape index (κ3) is 2.94. The Kier molecular flexibility index (Phi) is 3.65. The van der Waals surface area contributed by atoms with Gasteiger partial charge < -0.3 is 10.3 Å². The molecule has 3 N–H and O–H groups in total. The highest BCUT2D eigenvalue weighted by atomic mass is 15.5. The smallest absolute Gasteiger partial charge is 0.216 e. The zero-order valence-electron chi connectivity index (χ0n) is 12.9. The van der Waals surface area contributed by atoms with Crippen LogP contribution < -0.4 is 5.32 Å². The van der Waals surface area contributed by atoms with Gasteiger partial charge in [0.25, 0.3) is 0 Å². The van der Waals surface area contributed by atoms with E-state index in [1.807, 2.05) is 54.6 Å². The molecule has 0 fully saturated rings. The lowest BCUT2D eigenvalue weighted by atomic mass is 10.2. The molecule has 8 heteroatoms. The molecule has 0 spiro atoms. The fraction of sp³-hybridized carbons (Fsp3) is 0. The second-order valence-electron chi connectivity index (χ2n) is 5.23. The molecular formula is C17H12N8. The number of aromatic amines is 2. The monoisotopic (exact) mass is 328 g/mol. The summed E-state index contributed by atoms with van der Waals surface area (Å²) in [6.45, 7) is 0. The molecule has 0 bridgehead atoms. The fourth-order valence-corrected chi connectivity index (χ4v) is 2.42. The summed E-state index contributed by atoms with van der Waals surface area (Å²) in [7, 11) is 0. The Morgan fingerprint density at radius 2 is 2.08 bits per heavy atom. The number of anilines is 1. The standard InChI is InChI=1S/C17H12N8/c18-9-12(17-22-24-25-23-17)10-19-13-5-3-4-11(8-13)16-20-14-6-1-2-7-15(14)21-16/h1-8,10,19H,(H,20,21)(H,22,23,24,25). The van der Waals surface area contributed by atoms with Crippen molar-refractivity contribution in [1.29, 1.82) is 5.26 Å². The van der Waals surface area contributed by atoms with E-state index in [0.717, 1.165) is 28.1 Å². The molecule has 0 radical (unpaired) electrons. The van der Waals surface area contributed by atoms with Crippen molar-refractivity contribution in [2.24, 2.45) is 0 Å². The third-order valence-corrected chi connectivity index (χ3v) is 3.62. The minimum Gasteiger partial charge on any atom is -0.360 e. The van der Waals surface area contributed by atoms with E-state index in [9.17, 15) is 5.26 Å². The molecule has 8 nitrogen and oxygen atoms in total.